The molecule has 4 rings (SSSR count). The van der Waals surface area contributed by atoms with E-state index in [0.29, 0.717) is 24.7 Å². The molecule has 0 spiro atoms. The van der Waals surface area contributed by atoms with E-state index < -0.39 is 28.5 Å². The zero-order valence-electron chi connectivity index (χ0n) is 23.9. The lowest BCUT2D eigenvalue weighted by molar-refractivity contribution is -0.140. The maximum absolute atomic E-state index is 14.2. The smallest absolute Gasteiger partial charge is 0.244 e. The number of carbonyl (C=O) groups is 2. The van der Waals surface area contributed by atoms with Gasteiger partial charge in [-0.3, -0.25) is 13.9 Å². The van der Waals surface area contributed by atoms with E-state index in [9.17, 15) is 18.0 Å². The lowest BCUT2D eigenvalue weighted by Gasteiger charge is -2.34. The first-order valence-corrected chi connectivity index (χ1v) is 15.4. The normalized spacial score (nSPS) is 13.4. The molecule has 9 nitrogen and oxygen atoms in total. The lowest BCUT2D eigenvalue weighted by Crippen LogP contribution is -2.54. The molecule has 0 radical (unpaired) electrons. The van der Waals surface area contributed by atoms with Gasteiger partial charge in [0.15, 0.2) is 11.5 Å². The third kappa shape index (κ3) is 7.79. The van der Waals surface area contributed by atoms with Crippen LogP contribution in [0.15, 0.2) is 72.8 Å². The number of benzene rings is 3. The fraction of sp³-hybridized carbons (Fsp3) is 0.355. The minimum Gasteiger partial charge on any atom is -0.486 e. The fourth-order valence-electron chi connectivity index (χ4n) is 4.71. The molecule has 2 amide bonds. The SMILES string of the molecule is Cc1ccccc1CN(C(=O)CN(c1ccc2c(c1)OCCO2)S(C)(=O)=O)[C@H](Cc1ccccc1)C(=O)NC(C)C. The van der Waals surface area contributed by atoms with Gasteiger partial charge in [-0.1, -0.05) is 54.6 Å². The van der Waals surface area contributed by atoms with Crippen LogP contribution < -0.4 is 19.1 Å². The van der Waals surface area contributed by atoms with Crippen molar-refractivity contribution in [3.63, 3.8) is 0 Å². The second kappa shape index (κ2) is 13.1. The lowest BCUT2D eigenvalue weighted by atomic mass is 10.0. The highest BCUT2D eigenvalue weighted by molar-refractivity contribution is 7.92. The topological polar surface area (TPSA) is 105 Å². The minimum absolute atomic E-state index is 0.132. The molecular formula is C31H37N3O6S. The summed E-state index contributed by atoms with van der Waals surface area (Å²) < 4.78 is 38.3. The molecule has 1 heterocycles. The largest absolute Gasteiger partial charge is 0.486 e. The van der Waals surface area contributed by atoms with Crippen molar-refractivity contribution in [2.45, 2.75) is 45.8 Å². The Morgan fingerprint density at radius 1 is 0.927 bits per heavy atom. The predicted molar refractivity (Wildman–Crippen MR) is 159 cm³/mol. The van der Waals surface area contributed by atoms with Crippen molar-refractivity contribution in [3.05, 3.63) is 89.5 Å². The summed E-state index contributed by atoms with van der Waals surface area (Å²) in [7, 11) is -3.89. The summed E-state index contributed by atoms with van der Waals surface area (Å²) in [6.07, 6.45) is 1.32. The summed E-state index contributed by atoms with van der Waals surface area (Å²) in [5, 5.41) is 2.95. The maximum Gasteiger partial charge on any atom is 0.244 e. The summed E-state index contributed by atoms with van der Waals surface area (Å²) >= 11 is 0. The summed E-state index contributed by atoms with van der Waals surface area (Å²) in [6.45, 7) is 6.03. The standard InChI is InChI=1S/C31H37N3O6S/c1-22(2)32-31(36)27(18-24-11-6-5-7-12-24)33(20-25-13-9-8-10-23(25)3)30(35)21-34(41(4,37)38)26-14-15-28-29(19-26)40-17-16-39-28/h5-15,19,22,27H,16-18,20-21H2,1-4H3,(H,32,36)/t27-/m1/s1. The summed E-state index contributed by atoms with van der Waals surface area (Å²) in [4.78, 5) is 29.3. The van der Waals surface area contributed by atoms with Gasteiger partial charge in [0.2, 0.25) is 21.8 Å². The Morgan fingerprint density at radius 2 is 1.59 bits per heavy atom. The number of anilines is 1. The molecule has 0 aromatic heterocycles. The van der Waals surface area contributed by atoms with Gasteiger partial charge >= 0.3 is 0 Å². The number of rotatable bonds is 11. The highest BCUT2D eigenvalue weighted by atomic mass is 32.2. The van der Waals surface area contributed by atoms with Crippen LogP contribution in [0.2, 0.25) is 0 Å². The molecular weight excluding hydrogens is 542 g/mol. The average Bonchev–Trinajstić information content (AvgIpc) is 2.93. The molecule has 41 heavy (non-hydrogen) atoms. The molecule has 218 valence electrons. The van der Waals surface area contributed by atoms with Crippen LogP contribution in [0, 0.1) is 6.92 Å². The van der Waals surface area contributed by atoms with Gasteiger partial charge in [0.25, 0.3) is 0 Å². The molecule has 1 atom stereocenters. The van der Waals surface area contributed by atoms with Crippen molar-refractivity contribution in [2.75, 3.05) is 30.3 Å². The second-order valence-corrected chi connectivity index (χ2v) is 12.3. The van der Waals surface area contributed by atoms with Crippen molar-refractivity contribution in [1.82, 2.24) is 10.2 Å². The molecule has 0 saturated heterocycles. The van der Waals surface area contributed by atoms with Crippen LogP contribution in [0.3, 0.4) is 0 Å². The maximum atomic E-state index is 14.2. The molecule has 3 aromatic rings. The van der Waals surface area contributed by atoms with E-state index in [0.717, 1.165) is 27.3 Å². The van der Waals surface area contributed by atoms with Gasteiger partial charge in [0.1, 0.15) is 25.8 Å². The summed E-state index contributed by atoms with van der Waals surface area (Å²) in [5.74, 6) is 0.101. The highest BCUT2D eigenvalue weighted by Crippen LogP contribution is 2.34. The van der Waals surface area contributed by atoms with E-state index in [-0.39, 0.29) is 30.6 Å². The van der Waals surface area contributed by atoms with Gasteiger partial charge in [-0.25, -0.2) is 8.42 Å². The van der Waals surface area contributed by atoms with Gasteiger partial charge in [0.05, 0.1) is 11.9 Å². The Morgan fingerprint density at radius 3 is 2.24 bits per heavy atom. The molecule has 10 heteroatoms. The van der Waals surface area contributed by atoms with E-state index >= 15 is 0 Å². The van der Waals surface area contributed by atoms with Gasteiger partial charge < -0.3 is 19.7 Å². The quantitative estimate of drug-likeness (QED) is 0.372. The van der Waals surface area contributed by atoms with Crippen LogP contribution in [0.1, 0.15) is 30.5 Å². The van der Waals surface area contributed by atoms with Crippen LogP contribution in [0.4, 0.5) is 5.69 Å². The first kappa shape index (κ1) is 29.9. The predicted octanol–water partition coefficient (Wildman–Crippen LogP) is 3.70. The third-order valence-electron chi connectivity index (χ3n) is 6.80. The first-order valence-electron chi connectivity index (χ1n) is 13.6. The Labute approximate surface area is 242 Å². The number of carbonyl (C=O) groups excluding carboxylic acids is 2. The van der Waals surface area contributed by atoms with Crippen molar-refractivity contribution in [1.29, 1.82) is 0 Å². The highest BCUT2D eigenvalue weighted by Gasteiger charge is 2.33. The summed E-state index contributed by atoms with van der Waals surface area (Å²) in [5.41, 5.74) is 2.97. The number of nitrogens with one attached hydrogen (secondary N) is 1. The van der Waals surface area contributed by atoms with E-state index in [1.807, 2.05) is 75.4 Å². The number of hydrogen-bond acceptors (Lipinski definition) is 6. The molecule has 0 aliphatic carbocycles. The first-order chi connectivity index (χ1) is 19.5. The van der Waals surface area contributed by atoms with Crippen LogP contribution in [0.5, 0.6) is 11.5 Å². The number of ether oxygens (including phenoxy) is 2. The van der Waals surface area contributed by atoms with Gasteiger partial charge in [-0.05, 0) is 49.6 Å². The molecule has 0 fully saturated rings. The Kier molecular flexibility index (Phi) is 9.54. The van der Waals surface area contributed by atoms with E-state index in [1.54, 1.807) is 18.2 Å². The molecule has 0 unspecified atom stereocenters. The monoisotopic (exact) mass is 579 g/mol. The van der Waals surface area contributed by atoms with Crippen LogP contribution >= 0.6 is 0 Å². The van der Waals surface area contributed by atoms with E-state index in [2.05, 4.69) is 5.32 Å². The molecule has 1 aliphatic rings. The zero-order chi connectivity index (χ0) is 29.6. The van der Waals surface area contributed by atoms with Gasteiger partial charge in [0, 0.05) is 25.1 Å². The molecule has 0 saturated carbocycles. The van der Waals surface area contributed by atoms with Crippen LogP contribution in [-0.2, 0) is 32.6 Å². The number of nitrogens with zero attached hydrogens (tertiary/aromatic N) is 2. The van der Waals surface area contributed by atoms with Crippen LogP contribution in [-0.4, -0.2) is 63.2 Å². The third-order valence-corrected chi connectivity index (χ3v) is 7.94. The Balaban J connectivity index is 1.74. The van der Waals surface area contributed by atoms with E-state index in [1.165, 1.54) is 4.90 Å². The van der Waals surface area contributed by atoms with Crippen molar-refractivity contribution >= 4 is 27.5 Å². The van der Waals surface area contributed by atoms with Crippen molar-refractivity contribution in [3.8, 4) is 11.5 Å². The molecule has 3 aromatic carbocycles. The zero-order valence-corrected chi connectivity index (χ0v) is 24.7. The number of fused-ring (bicyclic) bond motifs is 1. The molecule has 1 N–H and O–H groups in total. The molecule has 0 bridgehead atoms. The van der Waals surface area contributed by atoms with Crippen molar-refractivity contribution < 1.29 is 27.5 Å². The van der Waals surface area contributed by atoms with Gasteiger partial charge in [-0.2, -0.15) is 0 Å². The Hall–Kier alpha value is -4.05. The average molecular weight is 580 g/mol. The van der Waals surface area contributed by atoms with E-state index in [4.69, 9.17) is 9.47 Å². The van der Waals surface area contributed by atoms with Crippen molar-refractivity contribution in [2.24, 2.45) is 0 Å². The van der Waals surface area contributed by atoms with Crippen LogP contribution in [0.25, 0.3) is 0 Å². The second-order valence-electron chi connectivity index (χ2n) is 10.4. The number of aryl methyl sites for hydroxylation is 1. The fourth-order valence-corrected chi connectivity index (χ4v) is 5.55. The number of sulfonamides is 1. The number of hydrogen-bond donors (Lipinski definition) is 1. The van der Waals surface area contributed by atoms with Gasteiger partial charge in [-0.15, -0.1) is 0 Å². The molecule has 1 aliphatic heterocycles. The Bertz CT molecular complexity index is 1480. The minimum atomic E-state index is -3.89. The number of amides is 2. The summed E-state index contributed by atoms with van der Waals surface area (Å²) in [6, 6.07) is 20.8.